The topological polar surface area (TPSA) is 29.5 Å². The summed E-state index contributed by atoms with van der Waals surface area (Å²) in [5, 5.41) is 11.9. The second-order valence-corrected chi connectivity index (χ2v) is 10.1. The highest BCUT2D eigenvalue weighted by molar-refractivity contribution is 5.36. The summed E-state index contributed by atoms with van der Waals surface area (Å²) in [7, 11) is 0. The highest BCUT2D eigenvalue weighted by atomic mass is 16.5. The second-order valence-electron chi connectivity index (χ2n) is 10.1. The summed E-state index contributed by atoms with van der Waals surface area (Å²) in [6.45, 7) is 5.16. The van der Waals surface area contributed by atoms with Crippen molar-refractivity contribution in [2.24, 2.45) is 5.92 Å². The number of benzene rings is 3. The van der Waals surface area contributed by atoms with Crippen LogP contribution < -0.4 is 0 Å². The highest BCUT2D eigenvalue weighted by Crippen LogP contribution is 2.38. The molecule has 3 aromatic rings. The molecule has 2 bridgehead atoms. The molecule has 0 radical (unpaired) electrons. The first-order chi connectivity index (χ1) is 16.2. The van der Waals surface area contributed by atoms with Crippen LogP contribution in [0.5, 0.6) is 0 Å². The van der Waals surface area contributed by atoms with Gasteiger partial charge in [0.15, 0.2) is 0 Å². The molecule has 3 aliphatic heterocycles. The SMILES string of the molecule is OC(COC1C[N+]2(CCCc3ccccc3)CCC1CC2)(c1ccccc1)c1ccccc1. The normalized spacial score (nSPS) is 24.6. The molecule has 3 heteroatoms. The molecule has 0 amide bonds. The number of hydrogen-bond acceptors (Lipinski definition) is 2. The number of piperidine rings is 3. The van der Waals surface area contributed by atoms with E-state index in [1.165, 1.54) is 48.9 Å². The monoisotopic (exact) mass is 442 g/mol. The molecule has 0 spiro atoms. The molecule has 1 atom stereocenters. The lowest BCUT2D eigenvalue weighted by Gasteiger charge is -2.53. The molecule has 33 heavy (non-hydrogen) atoms. The van der Waals surface area contributed by atoms with Crippen molar-refractivity contribution >= 4 is 0 Å². The Morgan fingerprint density at radius 2 is 1.33 bits per heavy atom. The van der Waals surface area contributed by atoms with Crippen molar-refractivity contribution in [2.75, 3.05) is 32.8 Å². The number of ether oxygens (including phenoxy) is 1. The van der Waals surface area contributed by atoms with E-state index in [9.17, 15) is 5.11 Å². The predicted molar refractivity (Wildman–Crippen MR) is 133 cm³/mol. The summed E-state index contributed by atoms with van der Waals surface area (Å²) in [6.07, 6.45) is 5.08. The summed E-state index contributed by atoms with van der Waals surface area (Å²) in [6, 6.07) is 30.8. The maximum atomic E-state index is 11.9. The smallest absolute Gasteiger partial charge is 0.138 e. The van der Waals surface area contributed by atoms with Crippen LogP contribution in [0.2, 0.25) is 0 Å². The molecule has 1 unspecified atom stereocenters. The zero-order valence-electron chi connectivity index (χ0n) is 19.5. The summed E-state index contributed by atoms with van der Waals surface area (Å²) in [5.74, 6) is 0.620. The minimum atomic E-state index is -1.13. The van der Waals surface area contributed by atoms with Crippen LogP contribution in [0.25, 0.3) is 0 Å². The van der Waals surface area contributed by atoms with E-state index in [1.54, 1.807) is 0 Å². The first-order valence-electron chi connectivity index (χ1n) is 12.5. The highest BCUT2D eigenvalue weighted by Gasteiger charge is 2.47. The molecule has 3 nitrogen and oxygen atoms in total. The first-order valence-corrected chi connectivity index (χ1v) is 12.5. The zero-order valence-corrected chi connectivity index (χ0v) is 19.5. The van der Waals surface area contributed by atoms with Gasteiger partial charge in [0.1, 0.15) is 18.2 Å². The van der Waals surface area contributed by atoms with Crippen molar-refractivity contribution in [2.45, 2.75) is 37.4 Å². The lowest BCUT2D eigenvalue weighted by Crippen LogP contribution is -2.64. The van der Waals surface area contributed by atoms with Gasteiger partial charge in [-0.25, -0.2) is 0 Å². The van der Waals surface area contributed by atoms with E-state index in [0.717, 1.165) is 24.1 Å². The van der Waals surface area contributed by atoms with E-state index < -0.39 is 5.60 Å². The van der Waals surface area contributed by atoms with Crippen molar-refractivity contribution in [1.29, 1.82) is 0 Å². The Kier molecular flexibility index (Phi) is 6.64. The van der Waals surface area contributed by atoms with Gasteiger partial charge < -0.3 is 14.3 Å². The fourth-order valence-electron chi connectivity index (χ4n) is 5.98. The molecule has 172 valence electrons. The Morgan fingerprint density at radius 1 is 0.788 bits per heavy atom. The number of quaternary nitrogens is 1. The van der Waals surface area contributed by atoms with E-state index in [0.29, 0.717) is 12.5 Å². The van der Waals surface area contributed by atoms with E-state index >= 15 is 0 Å². The number of nitrogens with zero attached hydrogens (tertiary/aromatic N) is 1. The molecule has 1 N–H and O–H groups in total. The average Bonchev–Trinajstić information content (AvgIpc) is 2.89. The molecule has 3 heterocycles. The van der Waals surface area contributed by atoms with E-state index in [4.69, 9.17) is 4.74 Å². The van der Waals surface area contributed by atoms with Crippen LogP contribution in [0.3, 0.4) is 0 Å². The second kappa shape index (κ2) is 9.80. The Hall–Kier alpha value is -2.46. The summed E-state index contributed by atoms with van der Waals surface area (Å²) in [5.41, 5.74) is 2.09. The van der Waals surface area contributed by atoms with Crippen molar-refractivity contribution in [3.63, 3.8) is 0 Å². The van der Waals surface area contributed by atoms with Gasteiger partial charge in [0.05, 0.1) is 26.2 Å². The van der Waals surface area contributed by atoms with Crippen LogP contribution in [-0.2, 0) is 16.8 Å². The van der Waals surface area contributed by atoms with Crippen LogP contribution in [0.4, 0.5) is 0 Å². The number of fused-ring (bicyclic) bond motifs is 3. The molecule has 3 fully saturated rings. The number of aryl methyl sites for hydroxylation is 1. The van der Waals surface area contributed by atoms with Gasteiger partial charge in [-0.3, -0.25) is 0 Å². The van der Waals surface area contributed by atoms with Gasteiger partial charge in [0.25, 0.3) is 0 Å². The molecule has 3 aromatic carbocycles. The quantitative estimate of drug-likeness (QED) is 0.463. The fourth-order valence-corrected chi connectivity index (χ4v) is 5.98. The van der Waals surface area contributed by atoms with Crippen LogP contribution in [-0.4, -0.2) is 48.5 Å². The summed E-state index contributed by atoms with van der Waals surface area (Å²) in [4.78, 5) is 0. The Balaban J connectivity index is 1.26. The Morgan fingerprint density at radius 3 is 1.91 bits per heavy atom. The molecule has 0 aromatic heterocycles. The molecule has 0 saturated carbocycles. The van der Waals surface area contributed by atoms with Gasteiger partial charge in [-0.1, -0.05) is 91.0 Å². The third kappa shape index (κ3) is 4.91. The van der Waals surface area contributed by atoms with E-state index in [1.807, 2.05) is 60.7 Å². The van der Waals surface area contributed by atoms with Crippen molar-refractivity contribution < 1.29 is 14.3 Å². The molecular weight excluding hydrogens is 406 g/mol. The first kappa shape index (κ1) is 22.3. The maximum Gasteiger partial charge on any atom is 0.138 e. The number of rotatable bonds is 9. The van der Waals surface area contributed by atoms with Crippen LogP contribution in [0.1, 0.15) is 36.0 Å². The molecule has 3 aliphatic rings. The molecule has 0 aliphatic carbocycles. The van der Waals surface area contributed by atoms with Gasteiger partial charge in [0.2, 0.25) is 0 Å². The van der Waals surface area contributed by atoms with E-state index in [-0.39, 0.29) is 6.10 Å². The van der Waals surface area contributed by atoms with Crippen molar-refractivity contribution in [3.05, 3.63) is 108 Å². The maximum absolute atomic E-state index is 11.9. The van der Waals surface area contributed by atoms with Gasteiger partial charge >= 0.3 is 0 Å². The Bertz CT molecular complexity index is 958. The average molecular weight is 443 g/mol. The van der Waals surface area contributed by atoms with Gasteiger partial charge in [0, 0.05) is 25.2 Å². The summed E-state index contributed by atoms with van der Waals surface area (Å²) >= 11 is 0. The number of hydrogen-bond donors (Lipinski definition) is 1. The van der Waals surface area contributed by atoms with Gasteiger partial charge in [-0.2, -0.15) is 0 Å². The Labute approximate surface area is 198 Å². The van der Waals surface area contributed by atoms with Crippen LogP contribution >= 0.6 is 0 Å². The van der Waals surface area contributed by atoms with Crippen LogP contribution in [0.15, 0.2) is 91.0 Å². The van der Waals surface area contributed by atoms with E-state index in [2.05, 4.69) is 30.3 Å². The lowest BCUT2D eigenvalue weighted by atomic mass is 9.82. The lowest BCUT2D eigenvalue weighted by molar-refractivity contribution is -0.946. The molecular formula is C30H36NO2+. The fraction of sp³-hybridized carbons (Fsp3) is 0.400. The van der Waals surface area contributed by atoms with Crippen molar-refractivity contribution in [1.82, 2.24) is 0 Å². The third-order valence-corrected chi connectivity index (χ3v) is 7.99. The molecule has 6 rings (SSSR count). The minimum Gasteiger partial charge on any atom is -0.378 e. The largest absolute Gasteiger partial charge is 0.378 e. The van der Waals surface area contributed by atoms with Gasteiger partial charge in [-0.15, -0.1) is 0 Å². The van der Waals surface area contributed by atoms with Crippen LogP contribution in [0, 0.1) is 5.92 Å². The van der Waals surface area contributed by atoms with Crippen molar-refractivity contribution in [3.8, 4) is 0 Å². The zero-order chi connectivity index (χ0) is 22.6. The third-order valence-electron chi connectivity index (χ3n) is 7.99. The number of aliphatic hydroxyl groups is 1. The minimum absolute atomic E-state index is 0.225. The molecule has 3 saturated heterocycles. The summed E-state index contributed by atoms with van der Waals surface area (Å²) < 4.78 is 7.80. The standard InChI is InChI=1S/C30H36NO2/c32-30(27-14-6-2-7-15-27,28-16-8-3-9-17-28)24-33-29-23-31(21-18-26(29)19-22-31)20-10-13-25-11-4-1-5-12-25/h1-9,11-12,14-17,26,29,32H,10,13,18-24H2/q+1. The van der Waals surface area contributed by atoms with Gasteiger partial charge in [-0.05, 0) is 23.1 Å². The predicted octanol–water partition coefficient (Wildman–Crippen LogP) is 5.18.